The number of rotatable bonds is 5. The van der Waals surface area contributed by atoms with E-state index in [1.54, 1.807) is 6.92 Å². The van der Waals surface area contributed by atoms with Crippen LogP contribution in [-0.4, -0.2) is 28.6 Å². The average Bonchev–Trinajstić information content (AvgIpc) is 2.89. The summed E-state index contributed by atoms with van der Waals surface area (Å²) in [7, 11) is 0. The molecular weight excluding hydrogens is 330 g/mol. The van der Waals surface area contributed by atoms with Gasteiger partial charge in [-0.3, -0.25) is 20.2 Å². The second-order valence-corrected chi connectivity index (χ2v) is 4.79. The summed E-state index contributed by atoms with van der Waals surface area (Å²) in [6.07, 6.45) is 0. The molecule has 1 aromatic heterocycles. The second-order valence-electron chi connectivity index (χ2n) is 4.38. The van der Waals surface area contributed by atoms with Crippen molar-refractivity contribution < 1.29 is 23.8 Å². The number of ether oxygens (including phenoxy) is 1. The minimum atomic E-state index is -0.881. The molecule has 0 saturated carbocycles. The Morgan fingerprint density at radius 3 is 2.74 bits per heavy atom. The number of nitro groups is 1. The minimum absolute atomic E-state index is 0.0828. The Morgan fingerprint density at radius 1 is 1.43 bits per heavy atom. The molecule has 1 amide bonds. The fraction of sp³-hybridized carbons (Fsp3) is 0.154. The Balaban J connectivity index is 1.94. The highest BCUT2D eigenvalue weighted by Crippen LogP contribution is 2.23. The van der Waals surface area contributed by atoms with Gasteiger partial charge in [0.25, 0.3) is 11.6 Å². The topological polar surface area (TPSA) is 125 Å². The molecule has 0 unspecified atom stereocenters. The molecule has 0 atom stereocenters. The molecule has 0 aliphatic heterocycles. The number of hydrogen-bond donors (Lipinski definition) is 1. The van der Waals surface area contributed by atoms with Gasteiger partial charge in [0.05, 0.1) is 21.2 Å². The van der Waals surface area contributed by atoms with Gasteiger partial charge in [-0.25, -0.2) is 4.79 Å². The van der Waals surface area contributed by atoms with Crippen LogP contribution in [-0.2, 0) is 9.53 Å². The van der Waals surface area contributed by atoms with Crippen molar-refractivity contribution in [3.8, 4) is 0 Å². The van der Waals surface area contributed by atoms with Gasteiger partial charge in [0.2, 0.25) is 5.88 Å². The van der Waals surface area contributed by atoms with Crippen molar-refractivity contribution in [2.24, 2.45) is 0 Å². The highest BCUT2D eigenvalue weighted by atomic mass is 35.5. The monoisotopic (exact) mass is 339 g/mol. The molecule has 2 rings (SSSR count). The van der Waals surface area contributed by atoms with E-state index in [0.29, 0.717) is 5.69 Å². The van der Waals surface area contributed by atoms with Crippen LogP contribution in [0.2, 0.25) is 5.02 Å². The zero-order valence-corrected chi connectivity index (χ0v) is 12.5. The number of aromatic nitrogens is 1. The Hall–Kier alpha value is -2.94. The summed E-state index contributed by atoms with van der Waals surface area (Å²) < 4.78 is 9.56. The number of amides is 1. The molecule has 10 heteroatoms. The van der Waals surface area contributed by atoms with E-state index < -0.39 is 23.4 Å². The molecule has 23 heavy (non-hydrogen) atoms. The van der Waals surface area contributed by atoms with E-state index in [2.05, 4.69) is 10.5 Å². The normalized spacial score (nSPS) is 10.2. The number of carbonyl (C=O) groups excluding carboxylic acids is 2. The van der Waals surface area contributed by atoms with Crippen LogP contribution in [0.1, 0.15) is 16.1 Å². The third kappa shape index (κ3) is 4.27. The molecule has 0 aliphatic carbocycles. The number of nitrogens with one attached hydrogen (secondary N) is 1. The van der Waals surface area contributed by atoms with Gasteiger partial charge < -0.3 is 9.26 Å². The number of aryl methyl sites for hydroxylation is 1. The van der Waals surface area contributed by atoms with Crippen LogP contribution in [0.25, 0.3) is 0 Å². The summed E-state index contributed by atoms with van der Waals surface area (Å²) in [6.45, 7) is 1.10. The highest BCUT2D eigenvalue weighted by Gasteiger charge is 2.17. The first kappa shape index (κ1) is 16.4. The van der Waals surface area contributed by atoms with E-state index in [1.165, 1.54) is 6.07 Å². The lowest BCUT2D eigenvalue weighted by Crippen LogP contribution is -2.20. The maximum Gasteiger partial charge on any atom is 0.340 e. The molecule has 0 saturated heterocycles. The van der Waals surface area contributed by atoms with Crippen molar-refractivity contribution in [2.45, 2.75) is 6.92 Å². The predicted octanol–water partition coefficient (Wildman–Crippen LogP) is 2.34. The Labute approximate surface area is 134 Å². The molecule has 2 aromatic rings. The lowest BCUT2D eigenvalue weighted by molar-refractivity contribution is -0.384. The van der Waals surface area contributed by atoms with Gasteiger partial charge in [-0.2, -0.15) is 0 Å². The first-order valence-corrected chi connectivity index (χ1v) is 6.59. The van der Waals surface area contributed by atoms with Gasteiger partial charge in [0.15, 0.2) is 6.61 Å². The van der Waals surface area contributed by atoms with Crippen molar-refractivity contribution in [3.63, 3.8) is 0 Å². The Morgan fingerprint density at radius 2 is 2.17 bits per heavy atom. The summed E-state index contributed by atoms with van der Waals surface area (Å²) >= 11 is 5.79. The van der Waals surface area contributed by atoms with Crippen LogP contribution >= 0.6 is 11.6 Å². The Bertz CT molecular complexity index is 773. The van der Waals surface area contributed by atoms with Crippen molar-refractivity contribution >= 4 is 35.0 Å². The first-order valence-electron chi connectivity index (χ1n) is 6.21. The summed E-state index contributed by atoms with van der Waals surface area (Å²) in [5, 5.41) is 16.4. The molecule has 1 N–H and O–H groups in total. The van der Waals surface area contributed by atoms with Crippen LogP contribution < -0.4 is 5.32 Å². The molecule has 0 bridgehead atoms. The maximum atomic E-state index is 11.8. The van der Waals surface area contributed by atoms with Crippen LogP contribution in [0, 0.1) is 17.0 Å². The average molecular weight is 340 g/mol. The maximum absolute atomic E-state index is 11.8. The number of non-ortho nitro benzene ring substituents is 1. The lowest BCUT2D eigenvalue weighted by Gasteiger charge is -2.05. The predicted molar refractivity (Wildman–Crippen MR) is 78.3 cm³/mol. The highest BCUT2D eigenvalue weighted by molar-refractivity contribution is 6.33. The zero-order valence-electron chi connectivity index (χ0n) is 11.7. The quantitative estimate of drug-likeness (QED) is 0.503. The van der Waals surface area contributed by atoms with Gasteiger partial charge in [-0.05, 0) is 13.0 Å². The van der Waals surface area contributed by atoms with E-state index in [9.17, 15) is 19.7 Å². The van der Waals surface area contributed by atoms with Crippen molar-refractivity contribution in [2.75, 3.05) is 11.9 Å². The van der Waals surface area contributed by atoms with E-state index in [-0.39, 0.29) is 22.2 Å². The van der Waals surface area contributed by atoms with Crippen LogP contribution in [0.15, 0.2) is 28.8 Å². The van der Waals surface area contributed by atoms with Gasteiger partial charge >= 0.3 is 5.97 Å². The van der Waals surface area contributed by atoms with Gasteiger partial charge in [0, 0.05) is 18.2 Å². The standard InChI is InChI=1S/C13H10ClN3O6/c1-7-4-12(23-16-7)15-11(18)6-22-13(19)9-3-2-8(17(20)21)5-10(9)14/h2-5H,6H2,1H3,(H,15,18). The van der Waals surface area contributed by atoms with Crippen LogP contribution in [0.5, 0.6) is 0 Å². The summed E-state index contributed by atoms with van der Waals surface area (Å²) in [6, 6.07) is 4.78. The number of nitrogens with zero attached hydrogens (tertiary/aromatic N) is 2. The van der Waals surface area contributed by atoms with E-state index in [4.69, 9.17) is 20.9 Å². The van der Waals surface area contributed by atoms with Crippen molar-refractivity contribution in [1.29, 1.82) is 0 Å². The SMILES string of the molecule is Cc1cc(NC(=O)COC(=O)c2ccc([N+](=O)[O-])cc2Cl)on1. The second kappa shape index (κ2) is 6.88. The number of benzene rings is 1. The van der Waals surface area contributed by atoms with Crippen molar-refractivity contribution in [1.82, 2.24) is 5.16 Å². The molecule has 0 fully saturated rings. The lowest BCUT2D eigenvalue weighted by atomic mass is 10.2. The zero-order chi connectivity index (χ0) is 17.0. The third-order valence-electron chi connectivity index (χ3n) is 2.61. The number of carbonyl (C=O) groups is 2. The molecule has 0 spiro atoms. The van der Waals surface area contributed by atoms with E-state index in [0.717, 1.165) is 18.2 Å². The number of halogens is 1. The van der Waals surface area contributed by atoms with E-state index in [1.807, 2.05) is 0 Å². The number of anilines is 1. The van der Waals surface area contributed by atoms with Gasteiger partial charge in [-0.15, -0.1) is 0 Å². The number of hydrogen-bond acceptors (Lipinski definition) is 7. The molecule has 120 valence electrons. The van der Waals surface area contributed by atoms with Crippen LogP contribution in [0.4, 0.5) is 11.6 Å². The molecule has 9 nitrogen and oxygen atoms in total. The van der Waals surface area contributed by atoms with Gasteiger partial charge in [-0.1, -0.05) is 16.8 Å². The molecule has 1 aromatic carbocycles. The molecule has 0 aliphatic rings. The molecule has 1 heterocycles. The third-order valence-corrected chi connectivity index (χ3v) is 2.92. The number of nitro benzene ring substituents is 1. The summed E-state index contributed by atoms with van der Waals surface area (Å²) in [5.74, 6) is -1.39. The first-order chi connectivity index (χ1) is 10.9. The summed E-state index contributed by atoms with van der Waals surface area (Å²) in [5.41, 5.74) is 0.237. The van der Waals surface area contributed by atoms with Gasteiger partial charge in [0.1, 0.15) is 0 Å². The Kier molecular flexibility index (Phi) is 4.91. The smallest absolute Gasteiger partial charge is 0.340 e. The fourth-order valence-corrected chi connectivity index (χ4v) is 1.84. The number of esters is 1. The summed E-state index contributed by atoms with van der Waals surface area (Å²) in [4.78, 5) is 33.3. The molecule has 0 radical (unpaired) electrons. The van der Waals surface area contributed by atoms with E-state index >= 15 is 0 Å². The largest absolute Gasteiger partial charge is 0.452 e. The van der Waals surface area contributed by atoms with Crippen LogP contribution in [0.3, 0.4) is 0 Å². The molecular formula is C13H10ClN3O6. The van der Waals surface area contributed by atoms with Crippen molar-refractivity contribution in [3.05, 3.63) is 50.7 Å². The fourth-order valence-electron chi connectivity index (χ4n) is 1.59. The minimum Gasteiger partial charge on any atom is -0.452 e.